The third-order valence-electron chi connectivity index (χ3n) is 2.67. The van der Waals surface area contributed by atoms with Gasteiger partial charge in [-0.1, -0.05) is 48.5 Å². The zero-order chi connectivity index (χ0) is 14.6. The highest BCUT2D eigenvalue weighted by molar-refractivity contribution is 7.93. The Kier molecular flexibility index (Phi) is 4.05. The van der Waals surface area contributed by atoms with Crippen molar-refractivity contribution in [3.63, 3.8) is 0 Å². The van der Waals surface area contributed by atoms with E-state index in [0.29, 0.717) is 5.69 Å². The van der Waals surface area contributed by atoms with Gasteiger partial charge in [0.1, 0.15) is 0 Å². The van der Waals surface area contributed by atoms with E-state index in [0.717, 1.165) is 0 Å². The van der Waals surface area contributed by atoms with Crippen LogP contribution in [0.5, 0.6) is 0 Å². The van der Waals surface area contributed by atoms with Crippen LogP contribution in [0.4, 0.5) is 5.69 Å². The first kappa shape index (κ1) is 14.1. The van der Waals surface area contributed by atoms with Gasteiger partial charge in [-0.2, -0.15) is 0 Å². The molecular weight excluding hydrogens is 278 g/mol. The Morgan fingerprint density at radius 2 is 1.45 bits per heavy atom. The molecule has 1 unspecified atom stereocenters. The number of benzene rings is 2. The molecule has 0 radical (unpaired) electrons. The molecule has 0 saturated heterocycles. The molecule has 0 aliphatic rings. The molecular formula is C14H13NO4S. The summed E-state index contributed by atoms with van der Waals surface area (Å²) >= 11 is 0. The van der Waals surface area contributed by atoms with E-state index in [1.807, 2.05) is 0 Å². The summed E-state index contributed by atoms with van der Waals surface area (Å²) < 4.78 is 26.8. The summed E-state index contributed by atoms with van der Waals surface area (Å²) in [7, 11) is -4.08. The number of sulfonamides is 1. The van der Waals surface area contributed by atoms with E-state index < -0.39 is 21.2 Å². The number of hydrogen-bond donors (Lipinski definition) is 2. The number of carboxylic acids is 1. The van der Waals surface area contributed by atoms with Crippen molar-refractivity contribution >= 4 is 21.7 Å². The van der Waals surface area contributed by atoms with E-state index in [2.05, 4.69) is 4.72 Å². The average molecular weight is 291 g/mol. The Balaban J connectivity index is 2.37. The van der Waals surface area contributed by atoms with E-state index in [1.54, 1.807) is 48.5 Å². The van der Waals surface area contributed by atoms with Gasteiger partial charge in [-0.05, 0) is 17.7 Å². The molecule has 0 aromatic heterocycles. The number of para-hydroxylation sites is 1. The second kappa shape index (κ2) is 5.75. The highest BCUT2D eigenvalue weighted by atomic mass is 32.2. The summed E-state index contributed by atoms with van der Waals surface area (Å²) in [6, 6.07) is 16.0. The zero-order valence-corrected chi connectivity index (χ0v) is 11.2. The standard InChI is InChI=1S/C14H13NO4S/c16-14(17)13(11-7-3-1-4-8-11)20(18,19)15-12-9-5-2-6-10-12/h1-10,13,15H,(H,16,17). The second-order valence-corrected chi connectivity index (χ2v) is 5.91. The quantitative estimate of drug-likeness (QED) is 0.885. The second-order valence-electron chi connectivity index (χ2n) is 4.14. The molecule has 0 bridgehead atoms. The van der Waals surface area contributed by atoms with Gasteiger partial charge in [0.25, 0.3) is 10.0 Å². The number of hydrogen-bond acceptors (Lipinski definition) is 3. The first-order chi connectivity index (χ1) is 9.50. The molecule has 6 heteroatoms. The Labute approximate surface area is 116 Å². The van der Waals surface area contributed by atoms with Gasteiger partial charge in [0.2, 0.25) is 5.25 Å². The van der Waals surface area contributed by atoms with Crippen molar-refractivity contribution in [2.45, 2.75) is 5.25 Å². The van der Waals surface area contributed by atoms with E-state index in [4.69, 9.17) is 0 Å². The minimum Gasteiger partial charge on any atom is -0.480 e. The normalized spacial score (nSPS) is 12.6. The predicted molar refractivity (Wildman–Crippen MR) is 75.8 cm³/mol. The largest absolute Gasteiger partial charge is 0.480 e. The Bertz CT molecular complexity index is 684. The van der Waals surface area contributed by atoms with Crippen LogP contribution in [0.25, 0.3) is 0 Å². The number of nitrogens with one attached hydrogen (secondary N) is 1. The molecule has 0 heterocycles. The molecule has 2 aromatic rings. The SMILES string of the molecule is O=C(O)C(c1ccccc1)S(=O)(=O)Nc1ccccc1. The predicted octanol–water partition coefficient (Wildman–Crippen LogP) is 2.25. The van der Waals surface area contributed by atoms with Gasteiger partial charge in [0.05, 0.1) is 0 Å². The van der Waals surface area contributed by atoms with E-state index in [-0.39, 0.29) is 5.56 Å². The zero-order valence-electron chi connectivity index (χ0n) is 10.4. The molecule has 2 aromatic carbocycles. The number of anilines is 1. The van der Waals surface area contributed by atoms with Crippen LogP contribution in [-0.4, -0.2) is 19.5 Å². The third kappa shape index (κ3) is 3.16. The number of carbonyl (C=O) groups is 1. The lowest BCUT2D eigenvalue weighted by atomic mass is 10.1. The summed E-state index contributed by atoms with van der Waals surface area (Å²) in [6.07, 6.45) is 0. The van der Waals surface area contributed by atoms with Gasteiger partial charge in [-0.15, -0.1) is 0 Å². The fourth-order valence-corrected chi connectivity index (χ4v) is 3.18. The Morgan fingerprint density at radius 1 is 0.950 bits per heavy atom. The van der Waals surface area contributed by atoms with Gasteiger partial charge in [-0.3, -0.25) is 9.52 Å². The average Bonchev–Trinajstić information content (AvgIpc) is 2.39. The maximum atomic E-state index is 12.3. The molecule has 1 atom stereocenters. The van der Waals surface area contributed by atoms with Crippen LogP contribution in [0.3, 0.4) is 0 Å². The fraction of sp³-hybridized carbons (Fsp3) is 0.0714. The van der Waals surface area contributed by atoms with Crippen molar-refractivity contribution in [1.82, 2.24) is 0 Å². The van der Waals surface area contributed by atoms with Gasteiger partial charge in [0, 0.05) is 5.69 Å². The van der Waals surface area contributed by atoms with E-state index in [1.165, 1.54) is 12.1 Å². The van der Waals surface area contributed by atoms with Crippen molar-refractivity contribution in [3.8, 4) is 0 Å². The summed E-state index contributed by atoms with van der Waals surface area (Å²) in [5, 5.41) is 7.57. The van der Waals surface area contributed by atoms with Crippen LogP contribution in [0.1, 0.15) is 10.8 Å². The molecule has 0 fully saturated rings. The summed E-state index contributed by atoms with van der Waals surface area (Å²) in [5.74, 6) is -1.42. The lowest BCUT2D eigenvalue weighted by Gasteiger charge is -2.15. The van der Waals surface area contributed by atoms with Crippen molar-refractivity contribution in [2.24, 2.45) is 0 Å². The van der Waals surface area contributed by atoms with E-state index in [9.17, 15) is 18.3 Å². The molecule has 2 N–H and O–H groups in total. The molecule has 5 nitrogen and oxygen atoms in total. The van der Waals surface area contributed by atoms with Crippen molar-refractivity contribution in [1.29, 1.82) is 0 Å². The lowest BCUT2D eigenvalue weighted by Crippen LogP contribution is -2.27. The van der Waals surface area contributed by atoms with Crippen LogP contribution < -0.4 is 4.72 Å². The van der Waals surface area contributed by atoms with Crippen LogP contribution in [0, 0.1) is 0 Å². The molecule has 0 saturated carbocycles. The maximum absolute atomic E-state index is 12.3. The Morgan fingerprint density at radius 3 is 1.95 bits per heavy atom. The molecule has 0 aliphatic carbocycles. The maximum Gasteiger partial charge on any atom is 0.328 e. The molecule has 0 amide bonds. The highest BCUT2D eigenvalue weighted by Gasteiger charge is 2.34. The van der Waals surface area contributed by atoms with Crippen molar-refractivity contribution in [2.75, 3.05) is 4.72 Å². The topological polar surface area (TPSA) is 83.5 Å². The Hall–Kier alpha value is -2.34. The van der Waals surface area contributed by atoms with Crippen molar-refractivity contribution < 1.29 is 18.3 Å². The van der Waals surface area contributed by atoms with Gasteiger partial charge in [-0.25, -0.2) is 8.42 Å². The van der Waals surface area contributed by atoms with Gasteiger partial charge in [0.15, 0.2) is 0 Å². The first-order valence-corrected chi connectivity index (χ1v) is 7.40. The molecule has 0 spiro atoms. The minimum absolute atomic E-state index is 0.212. The van der Waals surface area contributed by atoms with Gasteiger partial charge >= 0.3 is 5.97 Å². The fourth-order valence-electron chi connectivity index (χ4n) is 1.81. The smallest absolute Gasteiger partial charge is 0.328 e. The molecule has 20 heavy (non-hydrogen) atoms. The summed E-state index contributed by atoms with van der Waals surface area (Å²) in [6.45, 7) is 0. The van der Waals surface area contributed by atoms with Crippen LogP contribution >= 0.6 is 0 Å². The van der Waals surface area contributed by atoms with Gasteiger partial charge < -0.3 is 5.11 Å². The van der Waals surface area contributed by atoms with Crippen LogP contribution in [0.2, 0.25) is 0 Å². The summed E-state index contributed by atoms with van der Waals surface area (Å²) in [5.41, 5.74) is 0.540. The molecule has 0 aliphatic heterocycles. The number of carboxylic acid groups (broad SMARTS) is 1. The van der Waals surface area contributed by atoms with Crippen LogP contribution in [0.15, 0.2) is 60.7 Å². The first-order valence-electron chi connectivity index (χ1n) is 5.85. The number of rotatable bonds is 5. The molecule has 104 valence electrons. The molecule has 2 rings (SSSR count). The monoisotopic (exact) mass is 291 g/mol. The summed E-state index contributed by atoms with van der Waals surface area (Å²) in [4.78, 5) is 11.3. The van der Waals surface area contributed by atoms with Crippen molar-refractivity contribution in [3.05, 3.63) is 66.2 Å². The highest BCUT2D eigenvalue weighted by Crippen LogP contribution is 2.24. The minimum atomic E-state index is -4.08. The lowest BCUT2D eigenvalue weighted by molar-refractivity contribution is -0.136. The van der Waals surface area contributed by atoms with Crippen LogP contribution in [-0.2, 0) is 14.8 Å². The number of aliphatic carboxylic acids is 1. The third-order valence-corrected chi connectivity index (χ3v) is 4.29. The van der Waals surface area contributed by atoms with E-state index >= 15 is 0 Å².